The van der Waals surface area contributed by atoms with Crippen LogP contribution < -0.4 is 5.32 Å². The summed E-state index contributed by atoms with van der Waals surface area (Å²) in [6.07, 6.45) is 9.26. The van der Waals surface area contributed by atoms with Gasteiger partial charge < -0.3 is 19.9 Å². The van der Waals surface area contributed by atoms with Crippen LogP contribution in [-0.2, 0) is 14.3 Å². The Morgan fingerprint density at radius 2 is 2.06 bits per heavy atom. The third-order valence-corrected chi connectivity index (χ3v) is 6.19. The molecule has 3 amide bonds. The third-order valence-electron chi connectivity index (χ3n) is 6.19. The molecular formula is C24H34N4O4. The molecule has 3 rings (SSSR count). The van der Waals surface area contributed by atoms with E-state index in [1.807, 2.05) is 11.0 Å². The summed E-state index contributed by atoms with van der Waals surface area (Å²) in [5, 5.41) is 12.0. The lowest BCUT2D eigenvalue weighted by Gasteiger charge is -2.35. The Labute approximate surface area is 190 Å². The SMILES string of the molecule is CC(C)(C)OC(=O)NC(CCC(=O)N1CCC2CC=CC=C2C1)C(=O)N1CCCC1C#N. The van der Waals surface area contributed by atoms with Gasteiger partial charge in [-0.3, -0.25) is 9.59 Å². The van der Waals surface area contributed by atoms with E-state index in [1.54, 1.807) is 20.8 Å². The topological polar surface area (TPSA) is 103 Å². The highest BCUT2D eigenvalue weighted by atomic mass is 16.6. The van der Waals surface area contributed by atoms with Gasteiger partial charge in [0, 0.05) is 26.1 Å². The van der Waals surface area contributed by atoms with Crippen molar-refractivity contribution in [2.75, 3.05) is 19.6 Å². The van der Waals surface area contributed by atoms with Crippen LogP contribution in [0.5, 0.6) is 0 Å². The minimum atomic E-state index is -0.905. The molecule has 8 nitrogen and oxygen atoms in total. The number of hydrogen-bond donors (Lipinski definition) is 1. The number of nitrogens with zero attached hydrogens (tertiary/aromatic N) is 3. The zero-order valence-corrected chi connectivity index (χ0v) is 19.3. The number of alkyl carbamates (subject to hydrolysis) is 1. The number of nitrogens with one attached hydrogen (secondary N) is 1. The van der Waals surface area contributed by atoms with Crippen LogP contribution in [0, 0.1) is 17.2 Å². The zero-order chi connectivity index (χ0) is 23.3. The molecule has 2 aliphatic heterocycles. The first kappa shape index (κ1) is 23.8. The van der Waals surface area contributed by atoms with Gasteiger partial charge >= 0.3 is 6.09 Å². The quantitative estimate of drug-likeness (QED) is 0.705. The van der Waals surface area contributed by atoms with E-state index in [2.05, 4.69) is 23.5 Å². The Balaban J connectivity index is 1.63. The molecule has 2 fully saturated rings. The lowest BCUT2D eigenvalue weighted by molar-refractivity contribution is -0.135. The van der Waals surface area contributed by atoms with Crippen molar-refractivity contribution >= 4 is 17.9 Å². The number of likely N-dealkylation sites (tertiary alicyclic amines) is 2. The Kier molecular flexibility index (Phi) is 7.60. The summed E-state index contributed by atoms with van der Waals surface area (Å²) < 4.78 is 5.32. The predicted octanol–water partition coefficient (Wildman–Crippen LogP) is 2.91. The van der Waals surface area contributed by atoms with Gasteiger partial charge in [-0.25, -0.2) is 4.79 Å². The largest absolute Gasteiger partial charge is 0.444 e. The second-order valence-corrected chi connectivity index (χ2v) is 9.76. The van der Waals surface area contributed by atoms with E-state index in [9.17, 15) is 19.6 Å². The van der Waals surface area contributed by atoms with Crippen LogP contribution in [0.25, 0.3) is 0 Å². The average Bonchev–Trinajstić information content (AvgIpc) is 3.23. The van der Waals surface area contributed by atoms with Crippen LogP contribution in [0.2, 0.25) is 0 Å². The van der Waals surface area contributed by atoms with Gasteiger partial charge in [0.05, 0.1) is 6.07 Å². The van der Waals surface area contributed by atoms with Crippen molar-refractivity contribution in [3.05, 3.63) is 23.8 Å². The van der Waals surface area contributed by atoms with Crippen molar-refractivity contribution in [3.8, 4) is 6.07 Å². The molecule has 0 saturated carbocycles. The second-order valence-electron chi connectivity index (χ2n) is 9.76. The fraction of sp³-hybridized carbons (Fsp3) is 0.667. The summed E-state index contributed by atoms with van der Waals surface area (Å²) in [5.41, 5.74) is 0.573. The standard InChI is InChI=1S/C24H34N4O4/c1-24(2,3)32-23(31)26-20(22(30)28-13-6-9-19(28)15-25)10-11-21(29)27-14-12-17-7-4-5-8-18(17)16-27/h4-5,8,17,19-20H,6-7,9-14,16H2,1-3H3,(H,26,31). The first-order valence-electron chi connectivity index (χ1n) is 11.5. The number of carbonyl (C=O) groups excluding carboxylic acids is 3. The molecule has 2 saturated heterocycles. The van der Waals surface area contributed by atoms with Crippen LogP contribution in [0.4, 0.5) is 4.79 Å². The molecule has 0 aromatic heterocycles. The molecule has 0 aromatic carbocycles. The van der Waals surface area contributed by atoms with Crippen LogP contribution in [0.1, 0.15) is 59.3 Å². The monoisotopic (exact) mass is 442 g/mol. The molecule has 3 aliphatic rings. The molecule has 1 aliphatic carbocycles. The van der Waals surface area contributed by atoms with Crippen LogP contribution in [-0.4, -0.2) is 65.0 Å². The van der Waals surface area contributed by atoms with E-state index in [0.29, 0.717) is 32.0 Å². The second kappa shape index (κ2) is 10.2. The van der Waals surface area contributed by atoms with Crippen LogP contribution in [0.15, 0.2) is 23.8 Å². The van der Waals surface area contributed by atoms with Crippen molar-refractivity contribution in [2.24, 2.45) is 5.92 Å². The Hall–Kier alpha value is -2.82. The van der Waals surface area contributed by atoms with Gasteiger partial charge in [-0.05, 0) is 64.4 Å². The van der Waals surface area contributed by atoms with E-state index >= 15 is 0 Å². The molecular weight excluding hydrogens is 408 g/mol. The van der Waals surface area contributed by atoms with Gasteiger partial charge in [-0.15, -0.1) is 0 Å². The molecule has 2 heterocycles. The molecule has 1 N–H and O–H groups in total. The van der Waals surface area contributed by atoms with Gasteiger partial charge in [-0.2, -0.15) is 5.26 Å². The van der Waals surface area contributed by atoms with Crippen molar-refractivity contribution in [3.63, 3.8) is 0 Å². The lowest BCUT2D eigenvalue weighted by atomic mass is 9.85. The Bertz CT molecular complexity index is 836. The minimum Gasteiger partial charge on any atom is -0.444 e. The minimum absolute atomic E-state index is 0.0269. The van der Waals surface area contributed by atoms with Crippen molar-refractivity contribution in [2.45, 2.75) is 77.0 Å². The Morgan fingerprint density at radius 3 is 2.78 bits per heavy atom. The van der Waals surface area contributed by atoms with Crippen LogP contribution in [0.3, 0.4) is 0 Å². The maximum absolute atomic E-state index is 13.2. The van der Waals surface area contributed by atoms with E-state index in [0.717, 1.165) is 19.3 Å². The van der Waals surface area contributed by atoms with Gasteiger partial charge in [0.25, 0.3) is 0 Å². The van der Waals surface area contributed by atoms with Crippen molar-refractivity contribution in [1.29, 1.82) is 5.26 Å². The molecule has 3 atom stereocenters. The van der Waals surface area contributed by atoms with E-state index in [4.69, 9.17) is 4.74 Å². The highest BCUT2D eigenvalue weighted by molar-refractivity contribution is 5.87. The fourth-order valence-corrected chi connectivity index (χ4v) is 4.53. The molecule has 0 bridgehead atoms. The number of carbonyl (C=O) groups is 3. The highest BCUT2D eigenvalue weighted by Gasteiger charge is 2.35. The Morgan fingerprint density at radius 1 is 1.28 bits per heavy atom. The average molecular weight is 443 g/mol. The summed E-state index contributed by atoms with van der Waals surface area (Å²) in [6.45, 7) is 7.05. The normalized spacial score (nSPS) is 23.6. The summed E-state index contributed by atoms with van der Waals surface area (Å²) >= 11 is 0. The summed E-state index contributed by atoms with van der Waals surface area (Å²) in [7, 11) is 0. The molecule has 0 radical (unpaired) electrons. The predicted molar refractivity (Wildman–Crippen MR) is 119 cm³/mol. The number of fused-ring (bicyclic) bond motifs is 1. The number of amides is 3. The molecule has 8 heteroatoms. The molecule has 32 heavy (non-hydrogen) atoms. The fourth-order valence-electron chi connectivity index (χ4n) is 4.53. The van der Waals surface area contributed by atoms with E-state index in [-0.39, 0.29) is 24.7 Å². The maximum atomic E-state index is 13.2. The highest BCUT2D eigenvalue weighted by Crippen LogP contribution is 2.29. The molecule has 174 valence electrons. The first-order valence-corrected chi connectivity index (χ1v) is 11.5. The number of allylic oxidation sites excluding steroid dienone is 3. The maximum Gasteiger partial charge on any atom is 0.408 e. The number of piperidine rings is 1. The van der Waals surface area contributed by atoms with E-state index < -0.39 is 23.8 Å². The van der Waals surface area contributed by atoms with E-state index in [1.165, 1.54) is 10.5 Å². The number of rotatable bonds is 5. The van der Waals surface area contributed by atoms with Gasteiger partial charge in [0.15, 0.2) is 0 Å². The summed E-state index contributed by atoms with van der Waals surface area (Å²) in [4.78, 5) is 41.8. The number of ether oxygens (including phenoxy) is 1. The lowest BCUT2D eigenvalue weighted by Crippen LogP contribution is -2.51. The van der Waals surface area contributed by atoms with Gasteiger partial charge in [0.2, 0.25) is 11.8 Å². The molecule has 3 unspecified atom stereocenters. The van der Waals surface area contributed by atoms with Crippen molar-refractivity contribution in [1.82, 2.24) is 15.1 Å². The number of nitriles is 1. The summed E-state index contributed by atoms with van der Waals surface area (Å²) in [6, 6.07) is 0.759. The zero-order valence-electron chi connectivity index (χ0n) is 19.3. The third kappa shape index (κ3) is 6.12. The van der Waals surface area contributed by atoms with Crippen LogP contribution >= 0.6 is 0 Å². The number of hydrogen-bond acceptors (Lipinski definition) is 5. The smallest absolute Gasteiger partial charge is 0.408 e. The molecule has 0 aromatic rings. The van der Waals surface area contributed by atoms with Crippen molar-refractivity contribution < 1.29 is 19.1 Å². The molecule has 0 spiro atoms. The first-order chi connectivity index (χ1) is 15.2. The van der Waals surface area contributed by atoms with Gasteiger partial charge in [0.1, 0.15) is 17.7 Å². The van der Waals surface area contributed by atoms with Gasteiger partial charge in [-0.1, -0.05) is 18.2 Å². The summed E-state index contributed by atoms with van der Waals surface area (Å²) in [5.74, 6) is 0.165.